The van der Waals surface area contributed by atoms with Crippen molar-refractivity contribution in [3.63, 3.8) is 0 Å². The van der Waals surface area contributed by atoms with Gasteiger partial charge in [0.1, 0.15) is 0 Å². The van der Waals surface area contributed by atoms with Crippen LogP contribution in [0.2, 0.25) is 0 Å². The van der Waals surface area contributed by atoms with E-state index in [2.05, 4.69) is 4.98 Å². The second kappa shape index (κ2) is 2.70. The second-order valence-corrected chi connectivity index (χ2v) is 3.55. The average Bonchev–Trinajstić information content (AvgIpc) is 2.42. The molecule has 0 amide bonds. The van der Waals surface area contributed by atoms with E-state index in [9.17, 15) is 9.59 Å². The molecule has 13 heavy (non-hydrogen) atoms. The van der Waals surface area contributed by atoms with Crippen LogP contribution in [0, 0.1) is 0 Å². The Morgan fingerprint density at radius 1 is 1.46 bits per heavy atom. The number of fused-ring (bicyclic) bond motifs is 1. The van der Waals surface area contributed by atoms with Crippen LogP contribution in [0.4, 0.5) is 0 Å². The molecular formula is C8H5NO3S. The Morgan fingerprint density at radius 2 is 2.23 bits per heavy atom. The van der Waals surface area contributed by atoms with Gasteiger partial charge in [-0.1, -0.05) is 11.3 Å². The normalized spacial score (nSPS) is 10.5. The summed E-state index contributed by atoms with van der Waals surface area (Å²) in [6.07, 6.45) is 0. The van der Waals surface area contributed by atoms with Crippen LogP contribution < -0.4 is 4.87 Å². The number of carbonyl (C=O) groups is 1. The van der Waals surface area contributed by atoms with Gasteiger partial charge in [0, 0.05) is 0 Å². The minimum absolute atomic E-state index is 0.169. The third kappa shape index (κ3) is 1.33. The lowest BCUT2D eigenvalue weighted by Crippen LogP contribution is -1.95. The summed E-state index contributed by atoms with van der Waals surface area (Å²) in [5.41, 5.74) is 0.761. The molecule has 0 bridgehead atoms. The number of thiazole rings is 1. The molecule has 0 saturated heterocycles. The Morgan fingerprint density at radius 3 is 2.92 bits per heavy atom. The molecule has 0 aliphatic rings. The molecule has 2 rings (SSSR count). The predicted octanol–water partition coefficient (Wildman–Crippen LogP) is 1.29. The first-order valence-corrected chi connectivity index (χ1v) is 4.34. The fraction of sp³-hybridized carbons (Fsp3) is 0. The van der Waals surface area contributed by atoms with Gasteiger partial charge in [0.2, 0.25) is 0 Å². The van der Waals surface area contributed by atoms with Crippen LogP contribution in [0.5, 0.6) is 0 Å². The Bertz CT molecular complexity index is 525. The van der Waals surface area contributed by atoms with Crippen molar-refractivity contribution < 1.29 is 9.90 Å². The fourth-order valence-electron chi connectivity index (χ4n) is 1.09. The number of aromatic nitrogens is 1. The number of aromatic carboxylic acids is 1. The molecule has 4 nitrogen and oxygen atoms in total. The topological polar surface area (TPSA) is 70.2 Å². The summed E-state index contributed by atoms with van der Waals surface area (Å²) in [6, 6.07) is 4.56. The highest BCUT2D eigenvalue weighted by Gasteiger charge is 2.05. The van der Waals surface area contributed by atoms with Crippen LogP contribution in [-0.2, 0) is 0 Å². The van der Waals surface area contributed by atoms with E-state index in [0.717, 1.165) is 16.0 Å². The lowest BCUT2D eigenvalue weighted by Gasteiger charge is -1.92. The number of H-pyrrole nitrogens is 1. The largest absolute Gasteiger partial charge is 0.478 e. The summed E-state index contributed by atoms with van der Waals surface area (Å²) in [7, 11) is 0. The Balaban J connectivity index is 2.74. The minimum Gasteiger partial charge on any atom is -0.478 e. The van der Waals surface area contributed by atoms with Gasteiger partial charge in [-0.15, -0.1) is 0 Å². The van der Waals surface area contributed by atoms with Crippen LogP contribution in [0.15, 0.2) is 23.0 Å². The van der Waals surface area contributed by atoms with Crippen molar-refractivity contribution in [2.45, 2.75) is 0 Å². The van der Waals surface area contributed by atoms with Crippen molar-refractivity contribution in [2.24, 2.45) is 0 Å². The molecule has 0 fully saturated rings. The minimum atomic E-state index is -0.992. The van der Waals surface area contributed by atoms with Crippen LogP contribution in [0.25, 0.3) is 10.2 Å². The van der Waals surface area contributed by atoms with Crippen molar-refractivity contribution in [1.29, 1.82) is 0 Å². The molecule has 1 heterocycles. The standard InChI is InChI=1S/C8H5NO3S/c10-7(11)4-1-2-6-5(3-4)9-8(12)13-6/h1-3H,(H,9,12)(H,10,11). The average molecular weight is 195 g/mol. The van der Waals surface area contributed by atoms with Crippen molar-refractivity contribution in [3.8, 4) is 0 Å². The Labute approximate surface area is 76.5 Å². The van der Waals surface area contributed by atoms with E-state index in [0.29, 0.717) is 5.52 Å². The molecule has 0 aliphatic carbocycles. The van der Waals surface area contributed by atoms with E-state index in [1.54, 1.807) is 6.07 Å². The molecule has 0 aliphatic heterocycles. The van der Waals surface area contributed by atoms with Crippen molar-refractivity contribution in [2.75, 3.05) is 0 Å². The van der Waals surface area contributed by atoms with Gasteiger partial charge in [0.05, 0.1) is 15.8 Å². The zero-order valence-corrected chi connectivity index (χ0v) is 7.22. The van der Waals surface area contributed by atoms with Crippen LogP contribution >= 0.6 is 11.3 Å². The van der Waals surface area contributed by atoms with Gasteiger partial charge >= 0.3 is 10.8 Å². The molecule has 0 atom stereocenters. The van der Waals surface area contributed by atoms with Crippen molar-refractivity contribution in [3.05, 3.63) is 33.4 Å². The fourth-order valence-corrected chi connectivity index (χ4v) is 1.80. The van der Waals surface area contributed by atoms with Gasteiger partial charge in [0.25, 0.3) is 0 Å². The molecule has 1 aromatic heterocycles. The van der Waals surface area contributed by atoms with Gasteiger partial charge in [-0.25, -0.2) is 4.79 Å². The molecule has 0 unspecified atom stereocenters. The van der Waals surface area contributed by atoms with Gasteiger partial charge in [0.15, 0.2) is 0 Å². The highest BCUT2D eigenvalue weighted by molar-refractivity contribution is 7.16. The highest BCUT2D eigenvalue weighted by atomic mass is 32.1. The van der Waals surface area contributed by atoms with E-state index in [1.165, 1.54) is 12.1 Å². The maximum Gasteiger partial charge on any atom is 0.335 e. The summed E-state index contributed by atoms with van der Waals surface area (Å²) in [6.45, 7) is 0. The predicted molar refractivity (Wildman–Crippen MR) is 49.4 cm³/mol. The molecule has 2 N–H and O–H groups in total. The number of nitrogens with one attached hydrogen (secondary N) is 1. The highest BCUT2D eigenvalue weighted by Crippen LogP contribution is 2.15. The Hall–Kier alpha value is -1.62. The molecular weight excluding hydrogens is 190 g/mol. The third-order valence-electron chi connectivity index (χ3n) is 1.67. The Kier molecular flexibility index (Phi) is 1.66. The number of hydrogen-bond acceptors (Lipinski definition) is 3. The molecule has 0 saturated carbocycles. The number of carboxylic acids is 1. The van der Waals surface area contributed by atoms with Crippen LogP contribution in [0.1, 0.15) is 10.4 Å². The van der Waals surface area contributed by atoms with E-state index in [4.69, 9.17) is 5.11 Å². The first-order chi connectivity index (χ1) is 6.16. The first-order valence-electron chi connectivity index (χ1n) is 3.53. The lowest BCUT2D eigenvalue weighted by atomic mass is 10.2. The number of carboxylic acid groups (broad SMARTS) is 1. The third-order valence-corrected chi connectivity index (χ3v) is 2.53. The zero-order chi connectivity index (χ0) is 9.42. The molecule has 2 aromatic rings. The smallest absolute Gasteiger partial charge is 0.335 e. The molecule has 5 heteroatoms. The van der Waals surface area contributed by atoms with Gasteiger partial charge in [-0.2, -0.15) is 0 Å². The van der Waals surface area contributed by atoms with Crippen LogP contribution in [-0.4, -0.2) is 16.1 Å². The van der Waals surface area contributed by atoms with Gasteiger partial charge in [-0.05, 0) is 18.2 Å². The maximum absolute atomic E-state index is 10.9. The van der Waals surface area contributed by atoms with E-state index >= 15 is 0 Å². The lowest BCUT2D eigenvalue weighted by molar-refractivity contribution is 0.0697. The SMILES string of the molecule is O=C(O)c1ccc2sc(=O)[nH]c2c1. The number of benzene rings is 1. The quantitative estimate of drug-likeness (QED) is 0.720. The number of rotatable bonds is 1. The molecule has 66 valence electrons. The molecule has 0 spiro atoms. The summed E-state index contributed by atoms with van der Waals surface area (Å²) >= 11 is 1.07. The van der Waals surface area contributed by atoms with E-state index in [1.807, 2.05) is 0 Å². The summed E-state index contributed by atoms with van der Waals surface area (Å²) < 4.78 is 0.773. The summed E-state index contributed by atoms with van der Waals surface area (Å²) in [5, 5.41) is 8.66. The number of aromatic amines is 1. The van der Waals surface area contributed by atoms with Crippen molar-refractivity contribution in [1.82, 2.24) is 4.98 Å². The second-order valence-electron chi connectivity index (χ2n) is 2.53. The first kappa shape index (κ1) is 8.00. The van der Waals surface area contributed by atoms with Gasteiger partial charge in [-0.3, -0.25) is 4.79 Å². The number of hydrogen-bond donors (Lipinski definition) is 2. The molecule has 1 aromatic carbocycles. The van der Waals surface area contributed by atoms with E-state index in [-0.39, 0.29) is 10.4 Å². The summed E-state index contributed by atoms with van der Waals surface area (Å²) in [5.74, 6) is -0.992. The van der Waals surface area contributed by atoms with Crippen molar-refractivity contribution >= 4 is 27.5 Å². The molecule has 0 radical (unpaired) electrons. The summed E-state index contributed by atoms with van der Waals surface area (Å²) in [4.78, 5) is 23.8. The van der Waals surface area contributed by atoms with E-state index < -0.39 is 5.97 Å². The zero-order valence-electron chi connectivity index (χ0n) is 6.40. The van der Waals surface area contributed by atoms with Gasteiger partial charge < -0.3 is 10.1 Å². The maximum atomic E-state index is 10.9. The van der Waals surface area contributed by atoms with Crippen LogP contribution in [0.3, 0.4) is 0 Å². The monoisotopic (exact) mass is 195 g/mol.